The van der Waals surface area contributed by atoms with Gasteiger partial charge < -0.3 is 10.3 Å². The van der Waals surface area contributed by atoms with Gasteiger partial charge in [-0.3, -0.25) is 4.79 Å². The standard InChI is InChI=1S/C10H9FN2O/c1-13-5-8(10(12)14)7-4-6(11)2-3-9(7)13/h2-5H,1H3,(H2,12,14). The number of amides is 1. The maximum atomic E-state index is 12.9. The highest BCUT2D eigenvalue weighted by Crippen LogP contribution is 2.20. The van der Waals surface area contributed by atoms with E-state index in [1.165, 1.54) is 12.1 Å². The lowest BCUT2D eigenvalue weighted by Crippen LogP contribution is -2.10. The van der Waals surface area contributed by atoms with Crippen molar-refractivity contribution >= 4 is 16.8 Å². The topological polar surface area (TPSA) is 48.0 Å². The normalized spacial score (nSPS) is 10.7. The quantitative estimate of drug-likeness (QED) is 0.729. The molecule has 2 rings (SSSR count). The van der Waals surface area contributed by atoms with Crippen LogP contribution in [0.3, 0.4) is 0 Å². The van der Waals surface area contributed by atoms with E-state index in [0.717, 1.165) is 5.52 Å². The number of benzene rings is 1. The predicted octanol–water partition coefficient (Wildman–Crippen LogP) is 1.42. The Morgan fingerprint density at radius 2 is 2.21 bits per heavy atom. The van der Waals surface area contributed by atoms with Crippen molar-refractivity contribution in [1.29, 1.82) is 0 Å². The summed E-state index contributed by atoms with van der Waals surface area (Å²) in [7, 11) is 1.78. The second kappa shape index (κ2) is 2.83. The third-order valence-electron chi connectivity index (χ3n) is 2.22. The number of aromatic nitrogens is 1. The molecule has 14 heavy (non-hydrogen) atoms. The third kappa shape index (κ3) is 1.16. The van der Waals surface area contributed by atoms with E-state index < -0.39 is 5.91 Å². The lowest BCUT2D eigenvalue weighted by molar-refractivity contribution is 0.100. The first-order valence-corrected chi connectivity index (χ1v) is 4.14. The molecule has 0 saturated carbocycles. The average molecular weight is 192 g/mol. The number of nitrogens with two attached hydrogens (primary N) is 1. The summed E-state index contributed by atoms with van der Waals surface area (Å²) in [6, 6.07) is 4.29. The molecule has 4 heteroatoms. The fourth-order valence-corrected chi connectivity index (χ4v) is 1.56. The van der Waals surface area contributed by atoms with Gasteiger partial charge in [-0.25, -0.2) is 4.39 Å². The maximum absolute atomic E-state index is 12.9. The Bertz CT molecular complexity index is 516. The number of fused-ring (bicyclic) bond motifs is 1. The number of hydrogen-bond donors (Lipinski definition) is 1. The van der Waals surface area contributed by atoms with Crippen LogP contribution >= 0.6 is 0 Å². The Kier molecular flexibility index (Phi) is 1.77. The van der Waals surface area contributed by atoms with Crippen molar-refractivity contribution in [2.24, 2.45) is 12.8 Å². The molecule has 1 heterocycles. The Labute approximate surface area is 79.9 Å². The smallest absolute Gasteiger partial charge is 0.250 e. The van der Waals surface area contributed by atoms with Gasteiger partial charge in [0, 0.05) is 24.1 Å². The van der Waals surface area contributed by atoms with Crippen LogP contribution in [0.2, 0.25) is 0 Å². The van der Waals surface area contributed by atoms with Gasteiger partial charge in [0.25, 0.3) is 5.91 Å². The molecule has 1 aromatic carbocycles. The van der Waals surface area contributed by atoms with Crippen LogP contribution in [0.4, 0.5) is 4.39 Å². The lowest BCUT2D eigenvalue weighted by Gasteiger charge is -1.94. The number of carbonyl (C=O) groups excluding carboxylic acids is 1. The summed E-state index contributed by atoms with van der Waals surface area (Å²) in [6.45, 7) is 0. The molecule has 0 aliphatic heterocycles. The first kappa shape index (κ1) is 8.74. The van der Waals surface area contributed by atoms with Gasteiger partial charge >= 0.3 is 0 Å². The molecule has 1 aromatic heterocycles. The molecule has 0 saturated heterocycles. The largest absolute Gasteiger partial charge is 0.366 e. The zero-order valence-electron chi connectivity index (χ0n) is 7.62. The fraction of sp³-hybridized carbons (Fsp3) is 0.100. The lowest BCUT2D eigenvalue weighted by atomic mass is 10.1. The van der Waals surface area contributed by atoms with E-state index in [4.69, 9.17) is 5.73 Å². The van der Waals surface area contributed by atoms with Crippen molar-refractivity contribution in [3.63, 3.8) is 0 Å². The van der Waals surface area contributed by atoms with E-state index in [-0.39, 0.29) is 5.82 Å². The number of primary amides is 1. The van der Waals surface area contributed by atoms with Gasteiger partial charge in [-0.2, -0.15) is 0 Å². The van der Waals surface area contributed by atoms with Crippen LogP contribution in [0, 0.1) is 5.82 Å². The van der Waals surface area contributed by atoms with Crippen LogP contribution < -0.4 is 5.73 Å². The summed E-state index contributed by atoms with van der Waals surface area (Å²) in [5.74, 6) is -0.910. The van der Waals surface area contributed by atoms with E-state index in [0.29, 0.717) is 10.9 Å². The summed E-state index contributed by atoms with van der Waals surface area (Å²) < 4.78 is 14.7. The highest BCUT2D eigenvalue weighted by molar-refractivity contribution is 6.06. The van der Waals surface area contributed by atoms with Gasteiger partial charge in [0.05, 0.1) is 5.56 Å². The molecule has 3 nitrogen and oxygen atoms in total. The second-order valence-corrected chi connectivity index (χ2v) is 3.18. The molecule has 72 valence electrons. The molecule has 2 aromatic rings. The van der Waals surface area contributed by atoms with Crippen molar-refractivity contribution in [2.75, 3.05) is 0 Å². The fourth-order valence-electron chi connectivity index (χ4n) is 1.56. The van der Waals surface area contributed by atoms with E-state index in [1.54, 1.807) is 23.9 Å². The summed E-state index contributed by atoms with van der Waals surface area (Å²) in [6.07, 6.45) is 1.60. The first-order chi connectivity index (χ1) is 6.59. The SMILES string of the molecule is Cn1cc(C(N)=O)c2cc(F)ccc21. The molecule has 2 N–H and O–H groups in total. The molecule has 0 bridgehead atoms. The molecule has 1 amide bonds. The van der Waals surface area contributed by atoms with Gasteiger partial charge in [-0.1, -0.05) is 0 Å². The molecule has 0 unspecified atom stereocenters. The Morgan fingerprint density at radius 3 is 2.86 bits per heavy atom. The van der Waals surface area contributed by atoms with Gasteiger partial charge in [0.2, 0.25) is 0 Å². The molecule has 0 fully saturated rings. The summed E-state index contributed by atoms with van der Waals surface area (Å²) in [5.41, 5.74) is 6.31. The molecular formula is C10H9FN2O. The van der Waals surface area contributed by atoms with Crippen LogP contribution in [-0.4, -0.2) is 10.5 Å². The first-order valence-electron chi connectivity index (χ1n) is 4.14. The molecule has 0 radical (unpaired) electrons. The molecule has 0 spiro atoms. The van der Waals surface area contributed by atoms with Gasteiger partial charge in [-0.15, -0.1) is 0 Å². The summed E-state index contributed by atoms with van der Waals surface area (Å²) in [4.78, 5) is 11.0. The number of carbonyl (C=O) groups is 1. The van der Waals surface area contributed by atoms with Crippen LogP contribution in [0.1, 0.15) is 10.4 Å². The van der Waals surface area contributed by atoms with Gasteiger partial charge in [0.15, 0.2) is 0 Å². The molecule has 0 atom stereocenters. The van der Waals surface area contributed by atoms with E-state index >= 15 is 0 Å². The highest BCUT2D eigenvalue weighted by atomic mass is 19.1. The maximum Gasteiger partial charge on any atom is 0.250 e. The van der Waals surface area contributed by atoms with Gasteiger partial charge in [-0.05, 0) is 18.2 Å². The highest BCUT2D eigenvalue weighted by Gasteiger charge is 2.11. The molecule has 0 aliphatic rings. The van der Waals surface area contributed by atoms with E-state index in [9.17, 15) is 9.18 Å². The minimum absolute atomic E-state index is 0.349. The van der Waals surface area contributed by atoms with Crippen LogP contribution in [0.15, 0.2) is 24.4 Å². The second-order valence-electron chi connectivity index (χ2n) is 3.18. The monoisotopic (exact) mass is 192 g/mol. The van der Waals surface area contributed by atoms with Crippen molar-refractivity contribution in [2.45, 2.75) is 0 Å². The van der Waals surface area contributed by atoms with Crippen LogP contribution in [-0.2, 0) is 7.05 Å². The number of rotatable bonds is 1. The van der Waals surface area contributed by atoms with Crippen LogP contribution in [0.25, 0.3) is 10.9 Å². The number of aryl methyl sites for hydroxylation is 1. The zero-order chi connectivity index (χ0) is 10.3. The number of nitrogens with zero attached hydrogens (tertiary/aromatic N) is 1. The minimum atomic E-state index is -0.541. The predicted molar refractivity (Wildman–Crippen MR) is 51.4 cm³/mol. The Hall–Kier alpha value is -1.84. The third-order valence-corrected chi connectivity index (χ3v) is 2.22. The van der Waals surface area contributed by atoms with Crippen molar-refractivity contribution in [3.8, 4) is 0 Å². The summed E-state index contributed by atoms with van der Waals surface area (Å²) >= 11 is 0. The molecular weight excluding hydrogens is 183 g/mol. The van der Waals surface area contributed by atoms with Crippen molar-refractivity contribution in [1.82, 2.24) is 4.57 Å². The minimum Gasteiger partial charge on any atom is -0.366 e. The Balaban J connectivity index is 2.85. The van der Waals surface area contributed by atoms with Crippen LogP contribution in [0.5, 0.6) is 0 Å². The van der Waals surface area contributed by atoms with Crippen molar-refractivity contribution in [3.05, 3.63) is 35.8 Å². The van der Waals surface area contributed by atoms with E-state index in [1.807, 2.05) is 0 Å². The number of halogens is 1. The number of hydrogen-bond acceptors (Lipinski definition) is 1. The average Bonchev–Trinajstić information content (AvgIpc) is 2.43. The summed E-state index contributed by atoms with van der Waals surface area (Å²) in [5, 5.41) is 0.556. The van der Waals surface area contributed by atoms with Gasteiger partial charge in [0.1, 0.15) is 5.82 Å². The van der Waals surface area contributed by atoms with Crippen molar-refractivity contribution < 1.29 is 9.18 Å². The Morgan fingerprint density at radius 1 is 1.50 bits per heavy atom. The zero-order valence-corrected chi connectivity index (χ0v) is 7.62. The molecule has 0 aliphatic carbocycles. The van der Waals surface area contributed by atoms with E-state index in [2.05, 4.69) is 0 Å².